The van der Waals surface area contributed by atoms with E-state index in [0.717, 1.165) is 13.8 Å². The Morgan fingerprint density at radius 1 is 0.841 bits per heavy atom. The smallest absolute Gasteiger partial charge is 0.364 e. The van der Waals surface area contributed by atoms with Crippen LogP contribution in [0.5, 0.6) is 0 Å². The molecule has 3 aliphatic rings. The summed E-state index contributed by atoms with van der Waals surface area (Å²) in [5.74, 6) is -6.37. The van der Waals surface area contributed by atoms with Crippen molar-refractivity contribution in [2.24, 2.45) is 0 Å². The number of aliphatic carboxylic acids is 1. The van der Waals surface area contributed by atoms with Gasteiger partial charge in [0.05, 0.1) is 25.9 Å². The lowest BCUT2D eigenvalue weighted by Gasteiger charge is -2.49. The minimum atomic E-state index is -3.02. The minimum absolute atomic E-state index is 0.675. The largest absolute Gasteiger partial charge is 0.477 e. The fourth-order valence-corrected chi connectivity index (χ4v) is 5.28. The molecule has 3 fully saturated rings. The molecule has 0 aromatic heterocycles. The van der Waals surface area contributed by atoms with Gasteiger partial charge in [-0.05, 0) is 0 Å². The number of hydrogen-bond donors (Lipinski definition) is 12. The predicted molar refractivity (Wildman–Crippen MR) is 136 cm³/mol. The zero-order valence-corrected chi connectivity index (χ0v) is 23.6. The monoisotopic (exact) mass is 644 g/mol. The number of aliphatic hydroxyl groups is 9. The Bertz CT molecular complexity index is 1010. The molecule has 3 aliphatic heterocycles. The number of rotatable bonds is 11. The van der Waals surface area contributed by atoms with Gasteiger partial charge in [0, 0.05) is 20.3 Å². The molecule has 2 amide bonds. The molecule has 254 valence electrons. The number of aliphatic hydroxyl groups excluding tert-OH is 8. The Labute approximate surface area is 249 Å². The number of ether oxygens (including phenoxy) is 5. The number of amides is 2. The average Bonchev–Trinajstić information content (AvgIpc) is 2.96. The van der Waals surface area contributed by atoms with Crippen LogP contribution in [0.15, 0.2) is 0 Å². The van der Waals surface area contributed by atoms with E-state index in [1.807, 2.05) is 0 Å². The van der Waals surface area contributed by atoms with Crippen LogP contribution in [0.3, 0.4) is 0 Å². The summed E-state index contributed by atoms with van der Waals surface area (Å²) >= 11 is 0. The summed E-state index contributed by atoms with van der Waals surface area (Å²) in [6.45, 7) is -0.544. The molecule has 12 N–H and O–H groups in total. The van der Waals surface area contributed by atoms with Crippen molar-refractivity contribution >= 4 is 17.8 Å². The van der Waals surface area contributed by atoms with Crippen LogP contribution < -0.4 is 10.6 Å². The number of carboxylic acid groups (broad SMARTS) is 1. The van der Waals surface area contributed by atoms with E-state index in [-0.39, 0.29) is 0 Å². The van der Waals surface area contributed by atoms with Crippen LogP contribution in [0, 0.1) is 0 Å². The molecule has 3 rings (SSSR count). The number of hydrogen-bond acceptors (Lipinski definition) is 17. The molecule has 3 heterocycles. The second-order valence-electron chi connectivity index (χ2n) is 10.8. The second-order valence-corrected chi connectivity index (χ2v) is 10.8. The Morgan fingerprint density at radius 3 is 1.86 bits per heavy atom. The zero-order valence-electron chi connectivity index (χ0n) is 23.6. The first-order valence-electron chi connectivity index (χ1n) is 13.6. The first-order chi connectivity index (χ1) is 20.6. The second kappa shape index (κ2) is 15.0. The fraction of sp³-hybridized carbons (Fsp3) is 0.875. The van der Waals surface area contributed by atoms with Crippen LogP contribution in [0.25, 0.3) is 0 Å². The van der Waals surface area contributed by atoms with Gasteiger partial charge in [-0.25, -0.2) is 4.79 Å². The van der Waals surface area contributed by atoms with Gasteiger partial charge in [0.25, 0.3) is 5.79 Å². The molecule has 15 atom stereocenters. The van der Waals surface area contributed by atoms with E-state index >= 15 is 0 Å². The van der Waals surface area contributed by atoms with E-state index in [4.69, 9.17) is 23.7 Å². The highest BCUT2D eigenvalue weighted by atomic mass is 16.7. The van der Waals surface area contributed by atoms with Crippen LogP contribution >= 0.6 is 0 Å². The van der Waals surface area contributed by atoms with Crippen molar-refractivity contribution in [3.63, 3.8) is 0 Å². The lowest BCUT2D eigenvalue weighted by atomic mass is 9.91. The van der Waals surface area contributed by atoms with E-state index in [0.29, 0.717) is 0 Å². The van der Waals surface area contributed by atoms with Crippen LogP contribution in [-0.4, -0.2) is 180 Å². The van der Waals surface area contributed by atoms with Gasteiger partial charge in [-0.3, -0.25) is 9.59 Å². The number of carbonyl (C=O) groups excluding carboxylic acids is 2. The van der Waals surface area contributed by atoms with E-state index in [1.54, 1.807) is 0 Å². The van der Waals surface area contributed by atoms with E-state index in [1.165, 1.54) is 0 Å². The molecule has 20 nitrogen and oxygen atoms in total. The van der Waals surface area contributed by atoms with Crippen LogP contribution in [0.1, 0.15) is 20.3 Å². The maximum Gasteiger partial charge on any atom is 0.364 e. The van der Waals surface area contributed by atoms with E-state index in [2.05, 4.69) is 10.6 Å². The van der Waals surface area contributed by atoms with Crippen LogP contribution in [0.4, 0.5) is 0 Å². The summed E-state index contributed by atoms with van der Waals surface area (Å²) in [5, 5.41) is 107. The van der Waals surface area contributed by atoms with Gasteiger partial charge < -0.3 is 85.4 Å². The zero-order chi connectivity index (χ0) is 33.1. The Morgan fingerprint density at radius 2 is 1.36 bits per heavy atom. The van der Waals surface area contributed by atoms with Crippen molar-refractivity contribution in [2.75, 3.05) is 19.8 Å². The predicted octanol–water partition coefficient (Wildman–Crippen LogP) is -7.44. The summed E-state index contributed by atoms with van der Waals surface area (Å²) in [6, 6.07) is -3.05. The van der Waals surface area contributed by atoms with Crippen LogP contribution in [-0.2, 0) is 38.1 Å². The van der Waals surface area contributed by atoms with E-state index < -0.39 is 136 Å². The quantitative estimate of drug-likeness (QED) is 0.0993. The van der Waals surface area contributed by atoms with Crippen molar-refractivity contribution in [2.45, 2.75) is 112 Å². The normalized spacial score (nSPS) is 43.6. The third-order valence-electron chi connectivity index (χ3n) is 7.50. The molecule has 0 bridgehead atoms. The fourth-order valence-electron chi connectivity index (χ4n) is 5.28. The van der Waals surface area contributed by atoms with Gasteiger partial charge in [0.1, 0.15) is 67.0 Å². The first-order valence-corrected chi connectivity index (χ1v) is 13.6. The summed E-state index contributed by atoms with van der Waals surface area (Å²) < 4.78 is 27.7. The molecule has 20 heteroatoms. The molecule has 0 saturated carbocycles. The van der Waals surface area contributed by atoms with Gasteiger partial charge in [-0.2, -0.15) is 0 Å². The SMILES string of the molecule is CC(=O)N[C@H]1[C@@H](O[C@@H]2C[C@](O)(C(=O)O)O[C@H]([C@H](O)CO)[C@@H]2O)O[C@H](CO)[C@@H](O[C@H]2O[C@H](CO)[C@@H](O)[C@H](O)[C@H]2NC(C)=O)[C@@H]1O. The van der Waals surface area contributed by atoms with E-state index in [9.17, 15) is 65.4 Å². The summed E-state index contributed by atoms with van der Waals surface area (Å²) in [4.78, 5) is 35.6. The highest BCUT2D eigenvalue weighted by Crippen LogP contribution is 2.35. The molecule has 44 heavy (non-hydrogen) atoms. The molecule has 0 spiro atoms. The lowest BCUT2D eigenvalue weighted by molar-refractivity contribution is -0.357. The van der Waals surface area contributed by atoms with Crippen molar-refractivity contribution in [1.29, 1.82) is 0 Å². The topological polar surface area (TPSA) is 324 Å². The molecular weight excluding hydrogens is 604 g/mol. The maximum atomic E-state index is 12.1. The number of carbonyl (C=O) groups is 3. The standard InChI is InChI=1S/C24H40N2O18/c1-7(30)25-13-17(35)15(33)11(5-28)41-22(13)43-20-12(6-29)42-21(14(18(20)36)26-8(2)31)40-10-3-24(39,23(37)38)44-19(16(10)34)9(32)4-27/h9-22,27-29,32-36,39H,3-6H2,1-2H3,(H,25,30)(H,26,31)(H,37,38)/t9-,10-,11-,12-,13-,14-,15-,16-,17-,18-,19-,20-,21+,22-,24-/m1/s1. The van der Waals surface area contributed by atoms with Crippen molar-refractivity contribution in [1.82, 2.24) is 10.6 Å². The van der Waals surface area contributed by atoms with Gasteiger partial charge >= 0.3 is 5.97 Å². The van der Waals surface area contributed by atoms with Crippen molar-refractivity contribution in [3.05, 3.63) is 0 Å². The van der Waals surface area contributed by atoms with Gasteiger partial charge in [0.2, 0.25) is 11.8 Å². The van der Waals surface area contributed by atoms with Crippen molar-refractivity contribution in [3.8, 4) is 0 Å². The van der Waals surface area contributed by atoms with Gasteiger partial charge in [-0.1, -0.05) is 0 Å². The van der Waals surface area contributed by atoms with Crippen LogP contribution in [0.2, 0.25) is 0 Å². The summed E-state index contributed by atoms with van der Waals surface area (Å²) in [6.07, 6.45) is -21.6. The van der Waals surface area contributed by atoms with Gasteiger partial charge in [-0.15, -0.1) is 0 Å². The number of carboxylic acids is 1. The minimum Gasteiger partial charge on any atom is -0.477 e. The Balaban J connectivity index is 1.91. The van der Waals surface area contributed by atoms with Crippen molar-refractivity contribution < 1.29 is 89.1 Å². The molecule has 0 aromatic carbocycles. The highest BCUT2D eigenvalue weighted by Gasteiger charge is 2.56. The molecule has 0 aliphatic carbocycles. The first kappa shape index (κ1) is 36.3. The highest BCUT2D eigenvalue weighted by molar-refractivity contribution is 5.75. The third-order valence-corrected chi connectivity index (χ3v) is 7.50. The van der Waals surface area contributed by atoms with Gasteiger partial charge in [0.15, 0.2) is 12.6 Å². The maximum absolute atomic E-state index is 12.1. The Kier molecular flexibility index (Phi) is 12.3. The number of nitrogens with one attached hydrogen (secondary N) is 2. The molecule has 3 saturated heterocycles. The third kappa shape index (κ3) is 7.79. The average molecular weight is 645 g/mol. The summed E-state index contributed by atoms with van der Waals surface area (Å²) in [5.41, 5.74) is 0. The molecular formula is C24H40N2O18. The Hall–Kier alpha value is -2.15. The molecule has 0 radical (unpaired) electrons. The summed E-state index contributed by atoms with van der Waals surface area (Å²) in [7, 11) is 0. The molecule has 0 aromatic rings. The lowest BCUT2D eigenvalue weighted by Crippen LogP contribution is -2.70. The molecule has 0 unspecified atom stereocenters.